The maximum absolute atomic E-state index is 12.0. The molecular formula is C11H15N5O2. The number of aromatic nitrogens is 4. The van der Waals surface area contributed by atoms with Gasteiger partial charge in [-0.3, -0.25) is 4.79 Å². The van der Waals surface area contributed by atoms with Gasteiger partial charge in [-0.05, 0) is 25.9 Å². The van der Waals surface area contributed by atoms with Crippen LogP contribution in [0.15, 0.2) is 11.1 Å². The zero-order valence-electron chi connectivity index (χ0n) is 10.1. The summed E-state index contributed by atoms with van der Waals surface area (Å²) in [6.45, 7) is 1.85. The molecule has 1 fully saturated rings. The molecule has 0 unspecified atom stereocenters. The first-order chi connectivity index (χ1) is 8.68. The number of piperidine rings is 1. The molecular weight excluding hydrogens is 234 g/mol. The van der Waals surface area contributed by atoms with E-state index in [1.807, 2.05) is 0 Å². The third kappa shape index (κ3) is 1.59. The lowest BCUT2D eigenvalue weighted by Crippen LogP contribution is -2.27. The minimum Gasteiger partial charge on any atom is -0.424 e. The highest BCUT2D eigenvalue weighted by molar-refractivity contribution is 5.77. The van der Waals surface area contributed by atoms with Crippen LogP contribution in [0.1, 0.15) is 24.5 Å². The summed E-state index contributed by atoms with van der Waals surface area (Å²) in [7, 11) is 1.76. The molecule has 0 saturated carbocycles. The maximum atomic E-state index is 12.0. The molecule has 0 aliphatic carbocycles. The van der Waals surface area contributed by atoms with Crippen LogP contribution in [-0.2, 0) is 7.05 Å². The van der Waals surface area contributed by atoms with Crippen LogP contribution >= 0.6 is 0 Å². The van der Waals surface area contributed by atoms with Gasteiger partial charge in [0.25, 0.3) is 5.56 Å². The summed E-state index contributed by atoms with van der Waals surface area (Å²) in [5, 5.41) is 17.6. The fourth-order valence-electron chi connectivity index (χ4n) is 2.55. The fraction of sp³-hybridized carbons (Fsp3) is 0.545. The maximum Gasteiger partial charge on any atom is 0.297 e. The van der Waals surface area contributed by atoms with Gasteiger partial charge in [0.1, 0.15) is 11.7 Å². The average Bonchev–Trinajstić information content (AvgIpc) is 2.73. The quantitative estimate of drug-likeness (QED) is 0.686. The van der Waals surface area contributed by atoms with Gasteiger partial charge < -0.3 is 10.5 Å². The summed E-state index contributed by atoms with van der Waals surface area (Å²) >= 11 is 0. The number of hydrogen-bond acceptors (Lipinski definition) is 5. The van der Waals surface area contributed by atoms with Crippen molar-refractivity contribution in [3.63, 3.8) is 0 Å². The molecule has 2 aromatic rings. The van der Waals surface area contributed by atoms with Crippen LogP contribution in [0.3, 0.4) is 0 Å². The molecule has 96 valence electrons. The molecule has 0 bridgehead atoms. The molecule has 1 saturated heterocycles. The van der Waals surface area contributed by atoms with E-state index >= 15 is 0 Å². The molecule has 7 nitrogen and oxygen atoms in total. The Labute approximate surface area is 103 Å². The largest absolute Gasteiger partial charge is 0.424 e. The first-order valence-electron chi connectivity index (χ1n) is 6.02. The SMILES string of the molecule is Cn1nc(C2CCNCC2)c2c(=O)n(O)cnc21. The molecule has 2 aromatic heterocycles. The molecule has 0 radical (unpaired) electrons. The van der Waals surface area contributed by atoms with E-state index in [4.69, 9.17) is 0 Å². The van der Waals surface area contributed by atoms with Crippen molar-refractivity contribution in [2.75, 3.05) is 13.1 Å². The normalized spacial score (nSPS) is 17.4. The van der Waals surface area contributed by atoms with Crippen molar-refractivity contribution in [3.8, 4) is 0 Å². The monoisotopic (exact) mass is 249 g/mol. The summed E-state index contributed by atoms with van der Waals surface area (Å²) in [5.74, 6) is 0.256. The molecule has 0 atom stereocenters. The van der Waals surface area contributed by atoms with E-state index in [1.54, 1.807) is 11.7 Å². The summed E-state index contributed by atoms with van der Waals surface area (Å²) in [6, 6.07) is 0. The van der Waals surface area contributed by atoms with E-state index in [1.165, 1.54) is 0 Å². The van der Waals surface area contributed by atoms with Crippen LogP contribution < -0.4 is 10.9 Å². The Hall–Kier alpha value is -1.89. The number of nitrogens with one attached hydrogen (secondary N) is 1. The van der Waals surface area contributed by atoms with Crippen molar-refractivity contribution in [2.45, 2.75) is 18.8 Å². The minimum absolute atomic E-state index is 0.256. The number of rotatable bonds is 1. The van der Waals surface area contributed by atoms with Crippen LogP contribution in [-0.4, -0.2) is 37.8 Å². The van der Waals surface area contributed by atoms with Crippen LogP contribution in [0, 0.1) is 0 Å². The summed E-state index contributed by atoms with van der Waals surface area (Å²) < 4.78 is 2.13. The molecule has 1 aliphatic rings. The first-order valence-corrected chi connectivity index (χ1v) is 6.02. The predicted octanol–water partition coefficient (Wildman–Crippen LogP) is -0.166. The first kappa shape index (κ1) is 11.2. The van der Waals surface area contributed by atoms with E-state index in [-0.39, 0.29) is 5.92 Å². The fourth-order valence-corrected chi connectivity index (χ4v) is 2.55. The molecule has 0 spiro atoms. The van der Waals surface area contributed by atoms with Crippen molar-refractivity contribution in [1.82, 2.24) is 24.8 Å². The van der Waals surface area contributed by atoms with Crippen molar-refractivity contribution in [3.05, 3.63) is 22.4 Å². The second-order valence-electron chi connectivity index (χ2n) is 4.63. The summed E-state index contributed by atoms with van der Waals surface area (Å²) in [6.07, 6.45) is 3.01. The zero-order chi connectivity index (χ0) is 12.7. The molecule has 18 heavy (non-hydrogen) atoms. The highest BCUT2D eigenvalue weighted by Crippen LogP contribution is 2.27. The average molecular weight is 249 g/mol. The van der Waals surface area contributed by atoms with Gasteiger partial charge in [0, 0.05) is 13.0 Å². The summed E-state index contributed by atoms with van der Waals surface area (Å²) in [4.78, 5) is 16.1. The second-order valence-corrected chi connectivity index (χ2v) is 4.63. The number of fused-ring (bicyclic) bond motifs is 1. The van der Waals surface area contributed by atoms with Gasteiger partial charge in [-0.15, -0.1) is 4.73 Å². The predicted molar refractivity (Wildman–Crippen MR) is 64.8 cm³/mol. The van der Waals surface area contributed by atoms with Crippen LogP contribution in [0.4, 0.5) is 0 Å². The number of nitrogens with zero attached hydrogens (tertiary/aromatic N) is 4. The highest BCUT2D eigenvalue weighted by Gasteiger charge is 2.24. The van der Waals surface area contributed by atoms with E-state index in [0.29, 0.717) is 15.8 Å². The Morgan fingerprint density at radius 2 is 2.17 bits per heavy atom. The standard InChI is InChI=1S/C11H15N5O2/c1-15-10-8(11(17)16(18)6-13-10)9(14-15)7-2-4-12-5-3-7/h6-7,12,18H,2-5H2,1H3. The number of hydrogen-bond donors (Lipinski definition) is 2. The van der Waals surface area contributed by atoms with E-state index < -0.39 is 5.56 Å². The van der Waals surface area contributed by atoms with Crippen LogP contribution in [0.2, 0.25) is 0 Å². The topological polar surface area (TPSA) is 85.0 Å². The van der Waals surface area contributed by atoms with Gasteiger partial charge in [-0.2, -0.15) is 5.10 Å². The highest BCUT2D eigenvalue weighted by atomic mass is 16.5. The molecule has 7 heteroatoms. The van der Waals surface area contributed by atoms with Gasteiger partial charge in [0.05, 0.1) is 5.69 Å². The second kappa shape index (κ2) is 4.09. The lowest BCUT2D eigenvalue weighted by Gasteiger charge is -2.20. The van der Waals surface area contributed by atoms with Crippen molar-refractivity contribution in [2.24, 2.45) is 7.05 Å². The van der Waals surface area contributed by atoms with Gasteiger partial charge >= 0.3 is 0 Å². The van der Waals surface area contributed by atoms with Crippen molar-refractivity contribution >= 4 is 11.0 Å². The van der Waals surface area contributed by atoms with Gasteiger partial charge in [0.2, 0.25) is 0 Å². The third-order valence-corrected chi connectivity index (χ3v) is 3.48. The molecule has 0 amide bonds. The van der Waals surface area contributed by atoms with Crippen molar-refractivity contribution in [1.29, 1.82) is 0 Å². The smallest absolute Gasteiger partial charge is 0.297 e. The molecule has 2 N–H and O–H groups in total. The Morgan fingerprint density at radius 3 is 2.89 bits per heavy atom. The number of aryl methyl sites for hydroxylation is 1. The molecule has 3 heterocycles. The Kier molecular flexibility index (Phi) is 2.55. The Bertz CT molecular complexity index is 639. The Morgan fingerprint density at radius 1 is 1.44 bits per heavy atom. The van der Waals surface area contributed by atoms with E-state index in [9.17, 15) is 10.0 Å². The van der Waals surface area contributed by atoms with E-state index in [0.717, 1.165) is 38.0 Å². The third-order valence-electron chi connectivity index (χ3n) is 3.48. The lowest BCUT2D eigenvalue weighted by atomic mass is 9.93. The van der Waals surface area contributed by atoms with E-state index in [2.05, 4.69) is 15.4 Å². The minimum atomic E-state index is -0.443. The van der Waals surface area contributed by atoms with Crippen LogP contribution in [0.25, 0.3) is 11.0 Å². The molecule has 1 aliphatic heterocycles. The summed E-state index contributed by atoms with van der Waals surface area (Å²) in [5.41, 5.74) is 0.843. The lowest BCUT2D eigenvalue weighted by molar-refractivity contribution is 0.173. The van der Waals surface area contributed by atoms with Crippen LogP contribution in [0.5, 0.6) is 0 Å². The molecule has 3 rings (SSSR count). The van der Waals surface area contributed by atoms with Crippen molar-refractivity contribution < 1.29 is 5.21 Å². The van der Waals surface area contributed by atoms with Gasteiger partial charge in [-0.25, -0.2) is 9.67 Å². The van der Waals surface area contributed by atoms with Gasteiger partial charge in [-0.1, -0.05) is 0 Å². The zero-order valence-corrected chi connectivity index (χ0v) is 10.1. The van der Waals surface area contributed by atoms with Gasteiger partial charge in [0.15, 0.2) is 5.65 Å². The molecule has 0 aromatic carbocycles. The Balaban J connectivity index is 2.22.